The van der Waals surface area contributed by atoms with E-state index in [4.69, 9.17) is 22.1 Å². The number of benzene rings is 1. The molecule has 0 saturated heterocycles. The Bertz CT molecular complexity index is 1260. The molecular weight excluding hydrogens is 540 g/mol. The Morgan fingerprint density at radius 3 is 2.49 bits per heavy atom. The summed E-state index contributed by atoms with van der Waals surface area (Å²) < 4.78 is 35.0. The van der Waals surface area contributed by atoms with Crippen molar-refractivity contribution in [2.24, 2.45) is 11.7 Å². The van der Waals surface area contributed by atoms with Crippen molar-refractivity contribution in [3.63, 3.8) is 0 Å². The third-order valence-corrected chi connectivity index (χ3v) is 8.76. The molecule has 1 aromatic rings. The van der Waals surface area contributed by atoms with E-state index in [0.29, 0.717) is 22.8 Å². The standard InChI is InChI=1S/C28H39ClN4O5S/c1-6-33(16-22-24(20-12-14-21(29)15-13-20)39(36,37)32-28(22,4)5)25(34)23(31-26(35)27(2,3)30)18-38-17-19-10-8-7-9-11-19/h7-10,12-15,19,23,32H,6,11,16-18,30H2,1-5H3,(H,31,35)/t19?,23-/m1/s1. The van der Waals surface area contributed by atoms with Gasteiger partial charge in [-0.05, 0) is 64.3 Å². The molecule has 2 atom stereocenters. The molecule has 1 aliphatic heterocycles. The van der Waals surface area contributed by atoms with Crippen molar-refractivity contribution in [3.05, 3.63) is 64.7 Å². The Kier molecular flexibility index (Phi) is 9.82. The summed E-state index contributed by atoms with van der Waals surface area (Å²) in [4.78, 5) is 28.2. The Morgan fingerprint density at radius 1 is 1.26 bits per heavy atom. The second-order valence-electron chi connectivity index (χ2n) is 11.0. The Morgan fingerprint density at radius 2 is 1.92 bits per heavy atom. The molecule has 0 fully saturated rings. The van der Waals surface area contributed by atoms with Crippen LogP contribution in [0.5, 0.6) is 0 Å². The molecule has 1 unspecified atom stereocenters. The van der Waals surface area contributed by atoms with Gasteiger partial charge in [-0.3, -0.25) is 9.59 Å². The van der Waals surface area contributed by atoms with Crippen LogP contribution in [0.15, 0.2) is 54.1 Å². The Hall–Kier alpha value is -2.50. The zero-order valence-corrected chi connectivity index (χ0v) is 24.7. The highest BCUT2D eigenvalue weighted by Gasteiger charge is 2.44. The minimum absolute atomic E-state index is 0.0288. The van der Waals surface area contributed by atoms with Crippen LogP contribution in [0.2, 0.25) is 5.02 Å². The van der Waals surface area contributed by atoms with E-state index < -0.39 is 39.0 Å². The van der Waals surface area contributed by atoms with Gasteiger partial charge in [0.25, 0.3) is 0 Å². The molecule has 0 spiro atoms. The average Bonchev–Trinajstić information content (AvgIpc) is 3.04. The van der Waals surface area contributed by atoms with Gasteiger partial charge in [-0.15, -0.1) is 0 Å². The minimum Gasteiger partial charge on any atom is -0.378 e. The number of nitrogens with zero attached hydrogens (tertiary/aromatic N) is 1. The van der Waals surface area contributed by atoms with E-state index in [1.165, 1.54) is 4.90 Å². The molecule has 1 aromatic carbocycles. The summed E-state index contributed by atoms with van der Waals surface area (Å²) in [5.74, 6) is -0.706. The highest BCUT2D eigenvalue weighted by atomic mass is 35.5. The number of hydrogen-bond donors (Lipinski definition) is 3. The van der Waals surface area contributed by atoms with E-state index in [1.807, 2.05) is 24.3 Å². The first-order valence-electron chi connectivity index (χ1n) is 13.0. The molecule has 9 nitrogen and oxygen atoms in total. The summed E-state index contributed by atoms with van der Waals surface area (Å²) in [6, 6.07) is 5.54. The Balaban J connectivity index is 1.90. The van der Waals surface area contributed by atoms with Crippen LogP contribution in [0.4, 0.5) is 0 Å². The van der Waals surface area contributed by atoms with Crippen molar-refractivity contribution in [3.8, 4) is 0 Å². The number of carbonyl (C=O) groups excluding carboxylic acids is 2. The number of hydrogen-bond acceptors (Lipinski definition) is 6. The third-order valence-electron chi connectivity index (χ3n) is 6.71. The van der Waals surface area contributed by atoms with Crippen molar-refractivity contribution >= 4 is 38.3 Å². The van der Waals surface area contributed by atoms with Crippen molar-refractivity contribution in [1.29, 1.82) is 0 Å². The van der Waals surface area contributed by atoms with Crippen LogP contribution in [0.25, 0.3) is 4.91 Å². The molecule has 1 heterocycles. The van der Waals surface area contributed by atoms with Crippen molar-refractivity contribution in [2.45, 2.75) is 58.2 Å². The predicted molar refractivity (Wildman–Crippen MR) is 154 cm³/mol. The molecule has 39 heavy (non-hydrogen) atoms. The van der Waals surface area contributed by atoms with Gasteiger partial charge in [0.2, 0.25) is 21.8 Å². The van der Waals surface area contributed by atoms with Gasteiger partial charge >= 0.3 is 0 Å². The molecule has 11 heteroatoms. The lowest BCUT2D eigenvalue weighted by Crippen LogP contribution is -2.58. The topological polar surface area (TPSA) is 131 Å². The lowest BCUT2D eigenvalue weighted by molar-refractivity contribution is -0.139. The maximum Gasteiger partial charge on any atom is 0.247 e. The normalized spacial score (nSPS) is 20.6. The van der Waals surface area contributed by atoms with Gasteiger partial charge in [0.1, 0.15) is 6.04 Å². The maximum atomic E-state index is 13.8. The molecule has 2 aliphatic rings. The molecule has 4 N–H and O–H groups in total. The number of rotatable bonds is 11. The number of amides is 2. The zero-order chi connectivity index (χ0) is 29.0. The highest BCUT2D eigenvalue weighted by Crippen LogP contribution is 2.38. The van der Waals surface area contributed by atoms with Gasteiger partial charge in [0.05, 0.1) is 29.2 Å². The molecule has 0 saturated carbocycles. The predicted octanol–water partition coefficient (Wildman–Crippen LogP) is 2.98. The first kappa shape index (κ1) is 31.0. The fourth-order valence-electron chi connectivity index (χ4n) is 4.46. The number of nitrogens with two attached hydrogens (primary N) is 1. The first-order valence-corrected chi connectivity index (χ1v) is 14.8. The van der Waals surface area contributed by atoms with Crippen LogP contribution in [0.1, 0.15) is 46.6 Å². The van der Waals surface area contributed by atoms with E-state index >= 15 is 0 Å². The second kappa shape index (κ2) is 12.3. The summed E-state index contributed by atoms with van der Waals surface area (Å²) >= 11 is 6.03. The highest BCUT2D eigenvalue weighted by molar-refractivity contribution is 7.99. The number of carbonyl (C=O) groups is 2. The smallest absolute Gasteiger partial charge is 0.247 e. The van der Waals surface area contributed by atoms with Gasteiger partial charge in [0.15, 0.2) is 0 Å². The van der Waals surface area contributed by atoms with E-state index in [9.17, 15) is 18.0 Å². The summed E-state index contributed by atoms with van der Waals surface area (Å²) in [6.45, 7) is 9.08. The average molecular weight is 579 g/mol. The van der Waals surface area contributed by atoms with Crippen molar-refractivity contribution in [2.75, 3.05) is 26.3 Å². The Labute approximate surface area is 236 Å². The first-order chi connectivity index (χ1) is 18.2. The van der Waals surface area contributed by atoms with E-state index in [1.54, 1.807) is 58.9 Å². The molecule has 1 aliphatic carbocycles. The molecule has 0 bridgehead atoms. The number of sulfonamides is 1. The van der Waals surface area contributed by atoms with Crippen LogP contribution >= 0.6 is 11.6 Å². The van der Waals surface area contributed by atoms with Gasteiger partial charge in [0, 0.05) is 24.0 Å². The fraction of sp³-hybridized carbons (Fsp3) is 0.500. The third kappa shape index (κ3) is 7.79. The second-order valence-corrected chi connectivity index (χ2v) is 13.0. The molecule has 0 aromatic heterocycles. The molecule has 2 amide bonds. The van der Waals surface area contributed by atoms with E-state index in [-0.39, 0.29) is 30.5 Å². The largest absolute Gasteiger partial charge is 0.378 e. The van der Waals surface area contributed by atoms with Crippen LogP contribution in [0.3, 0.4) is 0 Å². The van der Waals surface area contributed by atoms with E-state index in [0.717, 1.165) is 6.42 Å². The van der Waals surface area contributed by atoms with Crippen LogP contribution in [-0.4, -0.2) is 68.6 Å². The van der Waals surface area contributed by atoms with E-state index in [2.05, 4.69) is 10.0 Å². The lowest BCUT2D eigenvalue weighted by atomic mass is 9.92. The van der Waals surface area contributed by atoms with Crippen LogP contribution in [-0.2, 0) is 24.3 Å². The maximum absolute atomic E-state index is 13.8. The molecular formula is C28H39ClN4O5S. The number of allylic oxidation sites excluding steroid dienone is 3. The van der Waals surface area contributed by atoms with Gasteiger partial charge in [-0.2, -0.15) is 0 Å². The summed E-state index contributed by atoms with van der Waals surface area (Å²) in [5, 5.41) is 3.23. The fourth-order valence-corrected chi connectivity index (χ4v) is 6.58. The monoisotopic (exact) mass is 578 g/mol. The van der Waals surface area contributed by atoms with Crippen molar-refractivity contribution in [1.82, 2.24) is 14.9 Å². The van der Waals surface area contributed by atoms with Crippen LogP contribution < -0.4 is 15.8 Å². The number of nitrogens with one attached hydrogen (secondary N) is 2. The number of ether oxygens (including phenoxy) is 1. The summed E-state index contributed by atoms with van der Waals surface area (Å²) in [5.41, 5.74) is 4.84. The van der Waals surface area contributed by atoms with Gasteiger partial charge in [-0.25, -0.2) is 13.1 Å². The summed E-state index contributed by atoms with van der Waals surface area (Å²) in [7, 11) is -3.85. The number of likely N-dealkylation sites (N-methyl/N-ethyl adjacent to an activating group) is 1. The molecule has 214 valence electrons. The quantitative estimate of drug-likeness (QED) is 0.370. The van der Waals surface area contributed by atoms with Crippen LogP contribution in [0, 0.1) is 5.92 Å². The number of halogens is 1. The molecule has 3 rings (SSSR count). The summed E-state index contributed by atoms with van der Waals surface area (Å²) in [6.07, 6.45) is 8.84. The molecule has 0 radical (unpaired) electrons. The zero-order valence-electron chi connectivity index (χ0n) is 23.2. The lowest BCUT2D eigenvalue weighted by Gasteiger charge is -2.32. The van der Waals surface area contributed by atoms with Gasteiger partial charge < -0.3 is 20.7 Å². The van der Waals surface area contributed by atoms with Gasteiger partial charge in [-0.1, -0.05) is 48.0 Å². The van der Waals surface area contributed by atoms with Crippen molar-refractivity contribution < 1.29 is 22.7 Å². The SMILES string of the molecule is CCN(CC1=C(c2ccc(Cl)cc2)S(=O)(=O)NC1(C)C)C(=O)[C@@H](COCC1C=CC=CC1)NC(=O)C(C)(C)N. The minimum atomic E-state index is -3.85.